The molecule has 0 aliphatic heterocycles. The topological polar surface area (TPSA) is 57.5 Å². The highest BCUT2D eigenvalue weighted by atomic mass is 16.3. The Morgan fingerprint density at radius 2 is 1.93 bits per heavy atom. The molecule has 0 amide bonds. The van der Waals surface area contributed by atoms with Crippen LogP contribution in [0.3, 0.4) is 0 Å². The van der Waals surface area contributed by atoms with Crippen LogP contribution in [0.4, 0.5) is 0 Å². The van der Waals surface area contributed by atoms with Crippen molar-refractivity contribution in [3.63, 3.8) is 0 Å². The zero-order valence-corrected chi connectivity index (χ0v) is 8.60. The van der Waals surface area contributed by atoms with Crippen molar-refractivity contribution in [2.45, 2.75) is 19.8 Å². The van der Waals surface area contributed by atoms with Crippen LogP contribution in [-0.2, 0) is 6.42 Å². The van der Waals surface area contributed by atoms with Crippen LogP contribution in [0.15, 0.2) is 24.3 Å². The molecule has 15 heavy (non-hydrogen) atoms. The maximum atomic E-state index is 10.5. The van der Waals surface area contributed by atoms with Crippen LogP contribution in [0.5, 0.6) is 11.5 Å². The van der Waals surface area contributed by atoms with E-state index < -0.39 is 0 Å². The van der Waals surface area contributed by atoms with Crippen molar-refractivity contribution in [3.05, 3.63) is 35.4 Å². The number of carbonyl (C=O) groups is 1. The zero-order valence-electron chi connectivity index (χ0n) is 8.60. The minimum Gasteiger partial charge on any atom is -0.504 e. The molecule has 0 spiro atoms. The maximum absolute atomic E-state index is 10.5. The van der Waals surface area contributed by atoms with Crippen molar-refractivity contribution < 1.29 is 15.0 Å². The second-order valence-electron chi connectivity index (χ2n) is 3.21. The summed E-state index contributed by atoms with van der Waals surface area (Å²) >= 11 is 0. The van der Waals surface area contributed by atoms with E-state index in [0.29, 0.717) is 18.3 Å². The number of aldehydes is 1. The smallest absolute Gasteiger partial charge is 0.168 e. The van der Waals surface area contributed by atoms with Crippen molar-refractivity contribution in [1.82, 2.24) is 0 Å². The summed E-state index contributed by atoms with van der Waals surface area (Å²) < 4.78 is 0. The summed E-state index contributed by atoms with van der Waals surface area (Å²) in [4.78, 5) is 10.5. The molecule has 0 fully saturated rings. The summed E-state index contributed by atoms with van der Waals surface area (Å²) in [5, 5.41) is 19.0. The first-order chi connectivity index (χ1) is 7.20. The summed E-state index contributed by atoms with van der Waals surface area (Å²) in [6.07, 6.45) is 5.88. The van der Waals surface area contributed by atoms with E-state index in [9.17, 15) is 15.0 Å². The summed E-state index contributed by atoms with van der Waals surface area (Å²) in [6.45, 7) is 2.02. The predicted octanol–water partition coefficient (Wildman–Crippen LogP) is 2.42. The highest BCUT2D eigenvalue weighted by molar-refractivity contribution is 5.81. The van der Waals surface area contributed by atoms with Crippen molar-refractivity contribution in [2.24, 2.45) is 0 Å². The lowest BCUT2D eigenvalue weighted by Crippen LogP contribution is -1.88. The molecule has 0 aliphatic rings. The molecule has 0 atom stereocenters. The van der Waals surface area contributed by atoms with E-state index in [0.717, 1.165) is 6.42 Å². The number of phenols is 2. The van der Waals surface area contributed by atoms with Crippen LogP contribution in [0.2, 0.25) is 0 Å². The quantitative estimate of drug-likeness (QED) is 0.452. The van der Waals surface area contributed by atoms with E-state index in [1.165, 1.54) is 6.07 Å². The predicted molar refractivity (Wildman–Crippen MR) is 58.3 cm³/mol. The highest BCUT2D eigenvalue weighted by Crippen LogP contribution is 2.32. The Labute approximate surface area is 88.7 Å². The standard InChI is InChI=1S/C12H14O3/c1-2-3-4-5-9-6-7-10(8-13)12(15)11(9)14/h3-4,6-8,14-15H,2,5H2,1H3/b4-3+. The van der Waals surface area contributed by atoms with Crippen LogP contribution < -0.4 is 0 Å². The van der Waals surface area contributed by atoms with Gasteiger partial charge in [-0.2, -0.15) is 0 Å². The van der Waals surface area contributed by atoms with Gasteiger partial charge in [0.25, 0.3) is 0 Å². The number of hydrogen-bond acceptors (Lipinski definition) is 3. The molecule has 0 saturated carbocycles. The summed E-state index contributed by atoms with van der Waals surface area (Å²) in [6, 6.07) is 3.13. The molecule has 1 aromatic rings. The molecule has 0 bridgehead atoms. The number of hydrogen-bond donors (Lipinski definition) is 2. The first-order valence-electron chi connectivity index (χ1n) is 4.84. The summed E-state index contributed by atoms with van der Waals surface area (Å²) in [7, 11) is 0. The molecule has 0 saturated heterocycles. The average molecular weight is 206 g/mol. The molecule has 0 aromatic heterocycles. The second-order valence-corrected chi connectivity index (χ2v) is 3.21. The number of benzene rings is 1. The van der Waals surface area contributed by atoms with E-state index in [-0.39, 0.29) is 17.1 Å². The lowest BCUT2D eigenvalue weighted by molar-refractivity contribution is 0.112. The van der Waals surface area contributed by atoms with Gasteiger partial charge in [-0.15, -0.1) is 0 Å². The average Bonchev–Trinajstić information content (AvgIpc) is 2.25. The van der Waals surface area contributed by atoms with E-state index in [1.54, 1.807) is 6.07 Å². The fourth-order valence-corrected chi connectivity index (χ4v) is 1.27. The van der Waals surface area contributed by atoms with Gasteiger partial charge < -0.3 is 10.2 Å². The van der Waals surface area contributed by atoms with Gasteiger partial charge in [0.1, 0.15) is 0 Å². The molecular formula is C12H14O3. The SMILES string of the molecule is CC/C=C/Cc1ccc(C=O)c(O)c1O. The molecule has 0 aliphatic carbocycles. The van der Waals surface area contributed by atoms with Crippen LogP contribution in [-0.4, -0.2) is 16.5 Å². The summed E-state index contributed by atoms with van der Waals surface area (Å²) in [5.74, 6) is -0.548. The first kappa shape index (κ1) is 11.3. The fraction of sp³-hybridized carbons (Fsp3) is 0.250. The lowest BCUT2D eigenvalue weighted by Gasteiger charge is -2.05. The zero-order chi connectivity index (χ0) is 11.3. The number of allylic oxidation sites excluding steroid dienone is 2. The Morgan fingerprint density at radius 3 is 2.53 bits per heavy atom. The van der Waals surface area contributed by atoms with Gasteiger partial charge in [-0.05, 0) is 18.9 Å². The lowest BCUT2D eigenvalue weighted by atomic mass is 10.1. The minimum absolute atomic E-state index is 0.107. The minimum atomic E-state index is -0.340. The molecule has 1 aromatic carbocycles. The molecule has 80 valence electrons. The van der Waals surface area contributed by atoms with Crippen LogP contribution in [0.25, 0.3) is 0 Å². The van der Waals surface area contributed by atoms with Crippen LogP contribution in [0.1, 0.15) is 29.3 Å². The third-order valence-corrected chi connectivity index (χ3v) is 2.13. The van der Waals surface area contributed by atoms with Gasteiger partial charge >= 0.3 is 0 Å². The van der Waals surface area contributed by atoms with Gasteiger partial charge in [0.2, 0.25) is 0 Å². The molecule has 0 unspecified atom stereocenters. The molecule has 3 heteroatoms. The van der Waals surface area contributed by atoms with Gasteiger partial charge in [0, 0.05) is 5.56 Å². The summed E-state index contributed by atoms with van der Waals surface area (Å²) in [5.41, 5.74) is 0.721. The van der Waals surface area contributed by atoms with E-state index in [2.05, 4.69) is 0 Å². The van der Waals surface area contributed by atoms with Crippen LogP contribution >= 0.6 is 0 Å². The monoisotopic (exact) mass is 206 g/mol. The molecule has 3 nitrogen and oxygen atoms in total. The molecular weight excluding hydrogens is 192 g/mol. The van der Waals surface area contributed by atoms with Crippen molar-refractivity contribution >= 4 is 6.29 Å². The van der Waals surface area contributed by atoms with Crippen molar-refractivity contribution in [1.29, 1.82) is 0 Å². The first-order valence-corrected chi connectivity index (χ1v) is 4.84. The van der Waals surface area contributed by atoms with Gasteiger partial charge in [0.05, 0.1) is 5.56 Å². The molecule has 1 rings (SSSR count). The van der Waals surface area contributed by atoms with Crippen molar-refractivity contribution in [3.8, 4) is 11.5 Å². The number of rotatable bonds is 4. The number of phenolic OH excluding ortho intramolecular Hbond substituents is 2. The highest BCUT2D eigenvalue weighted by Gasteiger charge is 2.09. The Bertz CT molecular complexity index is 381. The van der Waals surface area contributed by atoms with Crippen LogP contribution in [0, 0.1) is 0 Å². The largest absolute Gasteiger partial charge is 0.504 e. The fourth-order valence-electron chi connectivity index (χ4n) is 1.27. The molecule has 2 N–H and O–H groups in total. The van der Waals surface area contributed by atoms with Gasteiger partial charge in [0.15, 0.2) is 17.8 Å². The van der Waals surface area contributed by atoms with Crippen molar-refractivity contribution in [2.75, 3.05) is 0 Å². The Morgan fingerprint density at radius 1 is 1.20 bits per heavy atom. The third-order valence-electron chi connectivity index (χ3n) is 2.13. The number of carbonyl (C=O) groups excluding carboxylic acids is 1. The maximum Gasteiger partial charge on any atom is 0.168 e. The van der Waals surface area contributed by atoms with E-state index >= 15 is 0 Å². The Balaban J connectivity index is 2.96. The normalized spacial score (nSPS) is 10.7. The Kier molecular flexibility index (Phi) is 3.92. The van der Waals surface area contributed by atoms with E-state index in [1.807, 2.05) is 19.1 Å². The molecule has 0 radical (unpaired) electrons. The third kappa shape index (κ3) is 2.59. The van der Waals surface area contributed by atoms with Gasteiger partial charge in [-0.25, -0.2) is 0 Å². The van der Waals surface area contributed by atoms with E-state index in [4.69, 9.17) is 0 Å². The Hall–Kier alpha value is -1.77. The number of aromatic hydroxyl groups is 2. The van der Waals surface area contributed by atoms with Gasteiger partial charge in [-0.1, -0.05) is 25.1 Å². The van der Waals surface area contributed by atoms with Gasteiger partial charge in [-0.3, -0.25) is 4.79 Å². The molecule has 0 heterocycles. The second kappa shape index (κ2) is 5.20.